The number of pyridine rings is 1. The summed E-state index contributed by atoms with van der Waals surface area (Å²) in [6.07, 6.45) is 7.09. The highest BCUT2D eigenvalue weighted by Crippen LogP contribution is 2.27. The molecule has 0 bridgehead atoms. The van der Waals surface area contributed by atoms with Gasteiger partial charge in [0.25, 0.3) is 0 Å². The maximum Gasteiger partial charge on any atom is 0.335 e. The Bertz CT molecular complexity index is 1480. The molecule has 1 fully saturated rings. The molecule has 5 rings (SSSR count). The Morgan fingerprint density at radius 3 is 2.75 bits per heavy atom. The fourth-order valence-electron chi connectivity index (χ4n) is 4.47. The topological polar surface area (TPSA) is 115 Å². The molecule has 0 radical (unpaired) electrons. The van der Waals surface area contributed by atoms with E-state index in [1.165, 1.54) is 10.9 Å². The predicted octanol–water partition coefficient (Wildman–Crippen LogP) is 2.68. The first-order valence-corrected chi connectivity index (χ1v) is 11.9. The summed E-state index contributed by atoms with van der Waals surface area (Å²) in [5.74, 6) is 0.931. The number of likely N-dealkylation sites (tertiary alicyclic amines) is 1. The molecule has 3 aromatic heterocycles. The monoisotopic (exact) mass is 504 g/mol. The number of fused-ring (bicyclic) bond motifs is 1. The van der Waals surface area contributed by atoms with Crippen molar-refractivity contribution in [1.29, 1.82) is 0 Å². The highest BCUT2D eigenvalue weighted by molar-refractivity contribution is 6.30. The average molecular weight is 505 g/mol. The quantitative estimate of drug-likeness (QED) is 0.401. The number of rotatable bonds is 6. The first-order valence-electron chi connectivity index (χ1n) is 11.5. The van der Waals surface area contributed by atoms with Crippen LogP contribution >= 0.6 is 11.6 Å². The molecule has 2 N–H and O–H groups in total. The molecule has 4 heterocycles. The van der Waals surface area contributed by atoms with E-state index in [-0.39, 0.29) is 23.5 Å². The van der Waals surface area contributed by atoms with Crippen LogP contribution in [0, 0.1) is 0 Å². The Balaban J connectivity index is 1.37. The Kier molecular flexibility index (Phi) is 6.43. The number of imidazole rings is 1. The van der Waals surface area contributed by atoms with Gasteiger partial charge in [-0.1, -0.05) is 23.7 Å². The predicted molar refractivity (Wildman–Crippen MR) is 139 cm³/mol. The lowest BCUT2D eigenvalue weighted by Crippen LogP contribution is -2.31. The van der Waals surface area contributed by atoms with E-state index < -0.39 is 0 Å². The van der Waals surface area contributed by atoms with Gasteiger partial charge < -0.3 is 15.5 Å². The van der Waals surface area contributed by atoms with Gasteiger partial charge in [0.1, 0.15) is 17.7 Å². The van der Waals surface area contributed by atoms with Gasteiger partial charge in [-0.3, -0.25) is 13.9 Å². The number of anilines is 2. The second kappa shape index (κ2) is 9.82. The van der Waals surface area contributed by atoms with Gasteiger partial charge in [0, 0.05) is 44.0 Å². The van der Waals surface area contributed by atoms with Gasteiger partial charge in [-0.25, -0.2) is 19.7 Å². The minimum absolute atomic E-state index is 0.101. The molecule has 1 unspecified atom stereocenters. The van der Waals surface area contributed by atoms with Gasteiger partial charge in [0.2, 0.25) is 5.91 Å². The minimum atomic E-state index is -0.286. The molecule has 11 heteroatoms. The van der Waals surface area contributed by atoms with Gasteiger partial charge in [-0.2, -0.15) is 0 Å². The number of likely N-dealkylation sites (N-methyl/N-ethyl adjacent to an activating group) is 1. The number of nitrogen functional groups attached to an aromatic ring is 1. The number of hydrogen-bond acceptors (Lipinski definition) is 7. The summed E-state index contributed by atoms with van der Waals surface area (Å²) in [5, 5.41) is 0.559. The molecule has 1 aromatic carbocycles. The van der Waals surface area contributed by atoms with Crippen molar-refractivity contribution in [3.8, 4) is 5.69 Å². The molecule has 1 saturated heterocycles. The SMILES string of the molecule is CN(C/C=C/C(=O)N1CCC(n2c(=O)n(-c3ccc(Cl)cc3)c3c(N)ncnc32)C1)c1ccccn1. The van der Waals surface area contributed by atoms with E-state index in [2.05, 4.69) is 15.0 Å². The number of carbonyl (C=O) groups is 1. The molecule has 1 atom stereocenters. The molecule has 184 valence electrons. The Labute approximate surface area is 212 Å². The van der Waals surface area contributed by atoms with Gasteiger partial charge >= 0.3 is 5.69 Å². The molecule has 1 amide bonds. The van der Waals surface area contributed by atoms with Crippen molar-refractivity contribution >= 4 is 40.3 Å². The average Bonchev–Trinajstić information content (AvgIpc) is 3.48. The van der Waals surface area contributed by atoms with Crippen molar-refractivity contribution < 1.29 is 4.79 Å². The zero-order chi connectivity index (χ0) is 25.2. The van der Waals surface area contributed by atoms with E-state index in [0.717, 1.165) is 5.82 Å². The van der Waals surface area contributed by atoms with E-state index >= 15 is 0 Å². The number of halogens is 1. The summed E-state index contributed by atoms with van der Waals surface area (Å²) >= 11 is 6.04. The standard InChI is InChI=1S/C25H25ClN8O2/c1-31(20-5-2-3-12-28-20)13-4-6-21(35)32-14-11-19(15-32)34-24-22(23(27)29-16-30-24)33(25(34)36)18-9-7-17(26)8-10-18/h2-10,12,16,19H,11,13-15H2,1H3,(H2,27,29,30)/b6-4+. The number of nitrogens with two attached hydrogens (primary N) is 1. The van der Waals surface area contributed by atoms with Crippen LogP contribution in [0.25, 0.3) is 16.9 Å². The van der Waals surface area contributed by atoms with Crippen LogP contribution in [0.4, 0.5) is 11.6 Å². The number of nitrogens with zero attached hydrogens (tertiary/aromatic N) is 7. The summed E-state index contributed by atoms with van der Waals surface area (Å²) in [6, 6.07) is 12.4. The zero-order valence-corrected chi connectivity index (χ0v) is 20.4. The molecule has 0 saturated carbocycles. The van der Waals surface area contributed by atoms with Crippen LogP contribution in [0.5, 0.6) is 0 Å². The van der Waals surface area contributed by atoms with Crippen molar-refractivity contribution in [3.63, 3.8) is 0 Å². The normalized spacial score (nSPS) is 15.7. The van der Waals surface area contributed by atoms with Crippen molar-refractivity contribution in [3.05, 3.63) is 82.6 Å². The Morgan fingerprint density at radius 2 is 2.00 bits per heavy atom. The van der Waals surface area contributed by atoms with E-state index in [9.17, 15) is 9.59 Å². The molecule has 1 aliphatic heterocycles. The molecular formula is C25H25ClN8O2. The van der Waals surface area contributed by atoms with Crippen LogP contribution in [0.3, 0.4) is 0 Å². The highest BCUT2D eigenvalue weighted by Gasteiger charge is 2.31. The zero-order valence-electron chi connectivity index (χ0n) is 19.7. The number of carbonyl (C=O) groups excluding carboxylic acids is 1. The van der Waals surface area contributed by atoms with Crippen molar-refractivity contribution in [2.45, 2.75) is 12.5 Å². The van der Waals surface area contributed by atoms with E-state index in [0.29, 0.717) is 47.9 Å². The van der Waals surface area contributed by atoms with Crippen LogP contribution in [-0.4, -0.2) is 61.6 Å². The maximum absolute atomic E-state index is 13.6. The summed E-state index contributed by atoms with van der Waals surface area (Å²) in [4.78, 5) is 42.9. The fourth-order valence-corrected chi connectivity index (χ4v) is 4.60. The second-order valence-corrected chi connectivity index (χ2v) is 9.03. The third-order valence-electron chi connectivity index (χ3n) is 6.29. The molecule has 1 aliphatic rings. The number of hydrogen-bond donors (Lipinski definition) is 1. The van der Waals surface area contributed by atoms with Crippen molar-refractivity contribution in [1.82, 2.24) is 29.0 Å². The minimum Gasteiger partial charge on any atom is -0.382 e. The largest absolute Gasteiger partial charge is 0.382 e. The summed E-state index contributed by atoms with van der Waals surface area (Å²) < 4.78 is 3.12. The van der Waals surface area contributed by atoms with Crippen LogP contribution in [-0.2, 0) is 4.79 Å². The number of aromatic nitrogens is 5. The molecule has 0 aliphatic carbocycles. The fraction of sp³-hybridized carbons (Fsp3) is 0.240. The molecule has 0 spiro atoms. The first kappa shape index (κ1) is 23.6. The first-order chi connectivity index (χ1) is 17.4. The van der Waals surface area contributed by atoms with Crippen LogP contribution in [0.2, 0.25) is 5.02 Å². The lowest BCUT2D eigenvalue weighted by Gasteiger charge is -2.17. The van der Waals surface area contributed by atoms with Gasteiger partial charge in [-0.05, 0) is 42.8 Å². The summed E-state index contributed by atoms with van der Waals surface area (Å²) in [7, 11) is 1.92. The van der Waals surface area contributed by atoms with Gasteiger partial charge in [0.05, 0.1) is 11.7 Å². The lowest BCUT2D eigenvalue weighted by atomic mass is 10.2. The Morgan fingerprint density at radius 1 is 1.19 bits per heavy atom. The van der Waals surface area contributed by atoms with Gasteiger partial charge in [0.15, 0.2) is 11.5 Å². The second-order valence-electron chi connectivity index (χ2n) is 8.59. The summed E-state index contributed by atoms with van der Waals surface area (Å²) in [5.41, 5.74) is 7.37. The number of benzene rings is 1. The van der Waals surface area contributed by atoms with E-state index in [4.69, 9.17) is 17.3 Å². The maximum atomic E-state index is 13.6. The third kappa shape index (κ3) is 4.42. The summed E-state index contributed by atoms with van der Waals surface area (Å²) in [6.45, 7) is 1.47. The molecule has 4 aromatic rings. The van der Waals surface area contributed by atoms with Crippen LogP contribution < -0.4 is 16.3 Å². The van der Waals surface area contributed by atoms with Crippen molar-refractivity contribution in [2.75, 3.05) is 37.3 Å². The Hall–Kier alpha value is -4.18. The lowest BCUT2D eigenvalue weighted by molar-refractivity contribution is -0.125. The van der Waals surface area contributed by atoms with Crippen LogP contribution in [0.1, 0.15) is 12.5 Å². The van der Waals surface area contributed by atoms with Gasteiger partial charge in [-0.15, -0.1) is 0 Å². The molecular weight excluding hydrogens is 480 g/mol. The third-order valence-corrected chi connectivity index (χ3v) is 6.54. The number of amides is 1. The highest BCUT2D eigenvalue weighted by atomic mass is 35.5. The van der Waals surface area contributed by atoms with Crippen molar-refractivity contribution in [2.24, 2.45) is 0 Å². The van der Waals surface area contributed by atoms with E-state index in [1.807, 2.05) is 36.2 Å². The molecule has 10 nitrogen and oxygen atoms in total. The van der Waals surface area contributed by atoms with Crippen LogP contribution in [0.15, 0.2) is 71.9 Å². The van der Waals surface area contributed by atoms with E-state index in [1.54, 1.807) is 46.0 Å². The molecule has 36 heavy (non-hydrogen) atoms. The smallest absolute Gasteiger partial charge is 0.335 e.